The first-order chi connectivity index (χ1) is 8.68. The maximum absolute atomic E-state index is 12.1. The molecule has 1 aliphatic rings. The molecule has 18 heavy (non-hydrogen) atoms. The predicted molar refractivity (Wildman–Crippen MR) is 76.6 cm³/mol. The third-order valence-corrected chi connectivity index (χ3v) is 4.32. The summed E-state index contributed by atoms with van der Waals surface area (Å²) < 4.78 is 1.12. The third-order valence-electron chi connectivity index (χ3n) is 3.46. The molecule has 2 rings (SSSR count). The fraction of sp³-hybridized carbons (Fsp3) is 0.500. The van der Waals surface area contributed by atoms with Gasteiger partial charge in [0.2, 0.25) is 5.91 Å². The molecule has 1 amide bonds. The van der Waals surface area contributed by atoms with Crippen molar-refractivity contribution < 1.29 is 4.79 Å². The maximum atomic E-state index is 12.1. The molecule has 1 aromatic rings. The molecule has 1 aromatic carbocycles. The molecule has 0 bridgehead atoms. The van der Waals surface area contributed by atoms with Crippen molar-refractivity contribution in [2.45, 2.75) is 19.8 Å². The van der Waals surface area contributed by atoms with Crippen molar-refractivity contribution in [3.8, 4) is 0 Å². The smallest absolute Gasteiger partial charge is 0.222 e. The van der Waals surface area contributed by atoms with E-state index in [0.717, 1.165) is 37.1 Å². The number of aryl methyl sites for hydroxylation is 1. The fourth-order valence-electron chi connectivity index (χ4n) is 2.24. The molecule has 0 saturated carbocycles. The van der Waals surface area contributed by atoms with Crippen molar-refractivity contribution in [2.24, 2.45) is 0 Å². The molecular formula is C14H19BrN2O. The van der Waals surface area contributed by atoms with E-state index < -0.39 is 0 Å². The van der Waals surface area contributed by atoms with Crippen molar-refractivity contribution in [2.75, 3.05) is 26.2 Å². The highest BCUT2D eigenvalue weighted by atomic mass is 79.9. The fourth-order valence-corrected chi connectivity index (χ4v) is 2.64. The van der Waals surface area contributed by atoms with Crippen LogP contribution < -0.4 is 5.32 Å². The van der Waals surface area contributed by atoms with Crippen molar-refractivity contribution in [1.82, 2.24) is 10.2 Å². The number of halogens is 1. The van der Waals surface area contributed by atoms with Crippen LogP contribution in [0.5, 0.6) is 0 Å². The van der Waals surface area contributed by atoms with E-state index in [-0.39, 0.29) is 5.91 Å². The van der Waals surface area contributed by atoms with Crippen LogP contribution in [0.25, 0.3) is 0 Å². The Morgan fingerprint density at radius 2 is 2.11 bits per heavy atom. The normalized spacial score (nSPS) is 15.8. The van der Waals surface area contributed by atoms with Crippen LogP contribution >= 0.6 is 15.9 Å². The van der Waals surface area contributed by atoms with Crippen LogP contribution in [0, 0.1) is 6.92 Å². The van der Waals surface area contributed by atoms with Crippen LogP contribution in [0.3, 0.4) is 0 Å². The molecule has 1 N–H and O–H groups in total. The first-order valence-corrected chi connectivity index (χ1v) is 7.20. The Labute approximate surface area is 117 Å². The Morgan fingerprint density at radius 1 is 1.39 bits per heavy atom. The molecule has 0 aromatic heterocycles. The van der Waals surface area contributed by atoms with Gasteiger partial charge in [0, 0.05) is 37.1 Å². The highest BCUT2D eigenvalue weighted by molar-refractivity contribution is 9.10. The summed E-state index contributed by atoms with van der Waals surface area (Å²) in [7, 11) is 0. The zero-order valence-corrected chi connectivity index (χ0v) is 12.3. The minimum Gasteiger partial charge on any atom is -0.340 e. The van der Waals surface area contributed by atoms with Crippen LogP contribution in [0.15, 0.2) is 22.7 Å². The number of benzene rings is 1. The molecule has 4 heteroatoms. The molecule has 0 radical (unpaired) electrons. The van der Waals surface area contributed by atoms with Crippen molar-refractivity contribution >= 4 is 21.8 Å². The molecular weight excluding hydrogens is 292 g/mol. The number of hydrogen-bond donors (Lipinski definition) is 1. The Balaban J connectivity index is 1.90. The van der Waals surface area contributed by atoms with Gasteiger partial charge in [0.05, 0.1) is 0 Å². The van der Waals surface area contributed by atoms with Crippen LogP contribution in [0.4, 0.5) is 0 Å². The molecule has 1 fully saturated rings. The van der Waals surface area contributed by atoms with Crippen LogP contribution in [-0.2, 0) is 11.2 Å². The number of amides is 1. The molecule has 0 aliphatic carbocycles. The summed E-state index contributed by atoms with van der Waals surface area (Å²) in [6.45, 7) is 5.62. The van der Waals surface area contributed by atoms with Crippen LogP contribution in [-0.4, -0.2) is 37.0 Å². The van der Waals surface area contributed by atoms with Gasteiger partial charge in [-0.1, -0.05) is 28.1 Å². The van der Waals surface area contributed by atoms with E-state index in [1.54, 1.807) is 0 Å². The SMILES string of the molecule is Cc1c(Br)cccc1CCC(=O)N1CCNCC1. The molecule has 0 unspecified atom stereocenters. The minimum absolute atomic E-state index is 0.274. The van der Waals surface area contributed by atoms with E-state index in [9.17, 15) is 4.79 Å². The summed E-state index contributed by atoms with van der Waals surface area (Å²) >= 11 is 3.53. The second-order valence-electron chi connectivity index (χ2n) is 4.65. The first-order valence-electron chi connectivity index (χ1n) is 6.41. The van der Waals surface area contributed by atoms with E-state index in [2.05, 4.69) is 34.2 Å². The van der Waals surface area contributed by atoms with E-state index in [0.29, 0.717) is 6.42 Å². The van der Waals surface area contributed by atoms with Crippen molar-refractivity contribution in [3.63, 3.8) is 0 Å². The van der Waals surface area contributed by atoms with Gasteiger partial charge in [0.25, 0.3) is 0 Å². The molecule has 1 aliphatic heterocycles. The van der Waals surface area contributed by atoms with Gasteiger partial charge in [-0.15, -0.1) is 0 Å². The molecule has 0 spiro atoms. The van der Waals surface area contributed by atoms with Gasteiger partial charge >= 0.3 is 0 Å². The van der Waals surface area contributed by atoms with E-state index in [1.807, 2.05) is 17.0 Å². The monoisotopic (exact) mass is 310 g/mol. The summed E-state index contributed by atoms with van der Waals surface area (Å²) in [5, 5.41) is 3.26. The molecule has 1 saturated heterocycles. The predicted octanol–water partition coefficient (Wildman–Crippen LogP) is 2.12. The van der Waals surface area contributed by atoms with Crippen LogP contribution in [0.1, 0.15) is 17.5 Å². The lowest BCUT2D eigenvalue weighted by molar-refractivity contribution is -0.131. The number of piperazine rings is 1. The first kappa shape index (κ1) is 13.6. The Hall–Kier alpha value is -0.870. The lowest BCUT2D eigenvalue weighted by Gasteiger charge is -2.27. The standard InChI is InChI=1S/C14H19BrN2O/c1-11-12(3-2-4-13(11)15)5-6-14(18)17-9-7-16-8-10-17/h2-4,16H,5-10H2,1H3. The second-order valence-corrected chi connectivity index (χ2v) is 5.51. The van der Waals surface area contributed by atoms with Gasteiger partial charge < -0.3 is 10.2 Å². The highest BCUT2D eigenvalue weighted by Gasteiger charge is 2.16. The number of nitrogens with one attached hydrogen (secondary N) is 1. The van der Waals surface area contributed by atoms with Gasteiger partial charge in [-0.3, -0.25) is 4.79 Å². The zero-order chi connectivity index (χ0) is 13.0. The number of nitrogens with zero attached hydrogens (tertiary/aromatic N) is 1. The summed E-state index contributed by atoms with van der Waals surface area (Å²) in [6.07, 6.45) is 1.44. The van der Waals surface area contributed by atoms with Gasteiger partial charge in [0.1, 0.15) is 0 Å². The molecule has 1 heterocycles. The largest absolute Gasteiger partial charge is 0.340 e. The summed E-state index contributed by atoms with van der Waals surface area (Å²) in [4.78, 5) is 14.0. The number of carbonyl (C=O) groups excluding carboxylic acids is 1. The summed E-state index contributed by atoms with van der Waals surface area (Å²) in [5.74, 6) is 0.274. The summed E-state index contributed by atoms with van der Waals surface area (Å²) in [5.41, 5.74) is 2.50. The van der Waals surface area contributed by atoms with Gasteiger partial charge in [-0.2, -0.15) is 0 Å². The van der Waals surface area contributed by atoms with E-state index in [1.165, 1.54) is 11.1 Å². The maximum Gasteiger partial charge on any atom is 0.222 e. The zero-order valence-electron chi connectivity index (χ0n) is 10.7. The van der Waals surface area contributed by atoms with E-state index >= 15 is 0 Å². The lowest BCUT2D eigenvalue weighted by Crippen LogP contribution is -2.46. The number of rotatable bonds is 3. The second kappa shape index (κ2) is 6.34. The molecule has 0 atom stereocenters. The number of carbonyl (C=O) groups is 1. The molecule has 98 valence electrons. The quantitative estimate of drug-likeness (QED) is 0.927. The topological polar surface area (TPSA) is 32.3 Å². The number of hydrogen-bond acceptors (Lipinski definition) is 2. The van der Waals surface area contributed by atoms with Crippen LogP contribution in [0.2, 0.25) is 0 Å². The summed E-state index contributed by atoms with van der Waals surface area (Å²) in [6, 6.07) is 6.17. The Morgan fingerprint density at radius 3 is 2.83 bits per heavy atom. The average molecular weight is 311 g/mol. The van der Waals surface area contributed by atoms with Crippen molar-refractivity contribution in [3.05, 3.63) is 33.8 Å². The van der Waals surface area contributed by atoms with Crippen molar-refractivity contribution in [1.29, 1.82) is 0 Å². The third kappa shape index (κ3) is 3.33. The Kier molecular flexibility index (Phi) is 4.78. The molecule has 3 nitrogen and oxygen atoms in total. The average Bonchev–Trinajstić information content (AvgIpc) is 2.41. The minimum atomic E-state index is 0.274. The van der Waals surface area contributed by atoms with Gasteiger partial charge in [-0.05, 0) is 30.5 Å². The highest BCUT2D eigenvalue weighted by Crippen LogP contribution is 2.20. The van der Waals surface area contributed by atoms with Gasteiger partial charge in [0.15, 0.2) is 0 Å². The lowest BCUT2D eigenvalue weighted by atomic mass is 10.0. The van der Waals surface area contributed by atoms with Gasteiger partial charge in [-0.25, -0.2) is 0 Å². The van der Waals surface area contributed by atoms with E-state index in [4.69, 9.17) is 0 Å². The Bertz CT molecular complexity index is 428.